The van der Waals surface area contributed by atoms with E-state index in [1.165, 1.54) is 6.92 Å². The summed E-state index contributed by atoms with van der Waals surface area (Å²) in [5.41, 5.74) is -0.811. The van der Waals surface area contributed by atoms with Crippen molar-refractivity contribution in [2.75, 3.05) is 13.1 Å². The second-order valence-corrected chi connectivity index (χ2v) is 7.89. The number of nitrogens with one attached hydrogen (secondary N) is 2. The van der Waals surface area contributed by atoms with Crippen LogP contribution in [0.1, 0.15) is 61.0 Å². The van der Waals surface area contributed by atoms with Crippen LogP contribution in [-0.4, -0.2) is 46.8 Å². The van der Waals surface area contributed by atoms with E-state index < -0.39 is 29.0 Å². The van der Waals surface area contributed by atoms with E-state index in [0.717, 1.165) is 25.9 Å². The molecule has 2 heterocycles. The Hall–Kier alpha value is -3.65. The maximum absolute atomic E-state index is 13.4. The molecule has 0 radical (unpaired) electrons. The number of phenols is 2. The molecule has 158 valence electrons. The van der Waals surface area contributed by atoms with Crippen LogP contribution in [0.3, 0.4) is 0 Å². The third-order valence-electron chi connectivity index (χ3n) is 6.03. The van der Waals surface area contributed by atoms with Crippen molar-refractivity contribution in [3.8, 4) is 11.5 Å². The number of rotatable bonds is 2. The monoisotopic (exact) mass is 420 g/mol. The molecular formula is C23H20N2O6. The molecule has 1 saturated heterocycles. The summed E-state index contributed by atoms with van der Waals surface area (Å²) in [4.78, 5) is 39.6. The van der Waals surface area contributed by atoms with E-state index in [-0.39, 0.29) is 50.6 Å². The van der Waals surface area contributed by atoms with Crippen LogP contribution in [0.2, 0.25) is 0 Å². The maximum atomic E-state index is 13.4. The molecule has 3 aromatic rings. The van der Waals surface area contributed by atoms with Gasteiger partial charge in [-0.2, -0.15) is 0 Å². The highest BCUT2D eigenvalue weighted by molar-refractivity contribution is 6.33. The normalized spacial score (nSPS) is 16.3. The third kappa shape index (κ3) is 2.75. The Bertz CT molecular complexity index is 1280. The van der Waals surface area contributed by atoms with Crippen molar-refractivity contribution in [1.82, 2.24) is 10.6 Å². The molecule has 0 unspecified atom stereocenters. The Morgan fingerprint density at radius 1 is 1.00 bits per heavy atom. The third-order valence-corrected chi connectivity index (χ3v) is 6.03. The van der Waals surface area contributed by atoms with Crippen LogP contribution in [0.5, 0.6) is 11.5 Å². The summed E-state index contributed by atoms with van der Waals surface area (Å²) in [5, 5.41) is 28.1. The fourth-order valence-corrected chi connectivity index (χ4v) is 4.50. The predicted octanol–water partition coefficient (Wildman–Crippen LogP) is 2.41. The van der Waals surface area contributed by atoms with Gasteiger partial charge in [-0.1, -0.05) is 24.3 Å². The molecule has 1 aliphatic carbocycles. The quantitative estimate of drug-likeness (QED) is 0.367. The summed E-state index contributed by atoms with van der Waals surface area (Å²) in [6.07, 6.45) is 1.50. The summed E-state index contributed by atoms with van der Waals surface area (Å²) < 4.78 is 5.56. The SMILES string of the molecule is Cc1oc2c(c1C(=O)NC1CCNCC1)C(=O)c1c(c(O)c3ccccc3c1O)C2=O. The molecule has 8 nitrogen and oxygen atoms in total. The van der Waals surface area contributed by atoms with Crippen molar-refractivity contribution >= 4 is 28.2 Å². The lowest BCUT2D eigenvalue weighted by Gasteiger charge is -2.24. The van der Waals surface area contributed by atoms with E-state index >= 15 is 0 Å². The fourth-order valence-electron chi connectivity index (χ4n) is 4.50. The molecule has 1 aromatic heterocycles. The van der Waals surface area contributed by atoms with Crippen molar-refractivity contribution < 1.29 is 29.0 Å². The van der Waals surface area contributed by atoms with Crippen molar-refractivity contribution in [3.05, 3.63) is 58.0 Å². The highest BCUT2D eigenvalue weighted by atomic mass is 16.4. The van der Waals surface area contributed by atoms with Crippen LogP contribution in [0.4, 0.5) is 0 Å². The molecule has 0 spiro atoms. The van der Waals surface area contributed by atoms with Gasteiger partial charge in [-0.25, -0.2) is 0 Å². The lowest BCUT2D eigenvalue weighted by atomic mass is 9.83. The largest absolute Gasteiger partial charge is 0.506 e. The van der Waals surface area contributed by atoms with E-state index in [1.807, 2.05) is 0 Å². The van der Waals surface area contributed by atoms with Gasteiger partial charge in [-0.15, -0.1) is 0 Å². The van der Waals surface area contributed by atoms with Crippen LogP contribution in [0.15, 0.2) is 28.7 Å². The number of phenolic OH excluding ortho intramolecular Hbond substituents is 2. The zero-order valence-electron chi connectivity index (χ0n) is 16.7. The molecule has 1 fully saturated rings. The van der Waals surface area contributed by atoms with Crippen LogP contribution >= 0.6 is 0 Å². The lowest BCUT2D eigenvalue weighted by Crippen LogP contribution is -2.43. The molecule has 2 aromatic carbocycles. The van der Waals surface area contributed by atoms with Gasteiger partial charge in [0.2, 0.25) is 11.6 Å². The first-order valence-electron chi connectivity index (χ1n) is 10.1. The molecule has 2 aliphatic rings. The minimum absolute atomic E-state index is 0.00965. The van der Waals surface area contributed by atoms with Crippen LogP contribution < -0.4 is 10.6 Å². The van der Waals surface area contributed by atoms with Gasteiger partial charge in [-0.05, 0) is 32.9 Å². The van der Waals surface area contributed by atoms with E-state index in [0.29, 0.717) is 0 Å². The second kappa shape index (κ2) is 6.95. The summed E-state index contributed by atoms with van der Waals surface area (Å²) in [7, 11) is 0. The Labute approximate surface area is 176 Å². The van der Waals surface area contributed by atoms with Gasteiger partial charge in [-0.3, -0.25) is 14.4 Å². The summed E-state index contributed by atoms with van der Waals surface area (Å²) in [6, 6.07) is 6.33. The number of benzene rings is 2. The number of carbonyl (C=O) groups excluding carboxylic acids is 3. The molecule has 0 atom stereocenters. The lowest BCUT2D eigenvalue weighted by molar-refractivity contribution is 0.0918. The molecule has 1 amide bonds. The summed E-state index contributed by atoms with van der Waals surface area (Å²) >= 11 is 0. The van der Waals surface area contributed by atoms with Crippen LogP contribution in [0.25, 0.3) is 10.8 Å². The molecule has 0 saturated carbocycles. The second-order valence-electron chi connectivity index (χ2n) is 7.89. The number of fused-ring (bicyclic) bond motifs is 3. The number of aryl methyl sites for hydroxylation is 1. The highest BCUT2D eigenvalue weighted by Crippen LogP contribution is 2.45. The van der Waals surface area contributed by atoms with Gasteiger partial charge in [0.15, 0.2) is 5.76 Å². The molecular weight excluding hydrogens is 400 g/mol. The van der Waals surface area contributed by atoms with Crippen LogP contribution in [0, 0.1) is 6.92 Å². The smallest absolute Gasteiger partial charge is 0.255 e. The van der Waals surface area contributed by atoms with E-state index in [1.54, 1.807) is 24.3 Å². The maximum Gasteiger partial charge on any atom is 0.255 e. The average Bonchev–Trinajstić information content (AvgIpc) is 3.13. The summed E-state index contributed by atoms with van der Waals surface area (Å²) in [6.45, 7) is 3.06. The number of hydrogen-bond acceptors (Lipinski definition) is 7. The molecule has 4 N–H and O–H groups in total. The number of hydrogen-bond donors (Lipinski definition) is 4. The van der Waals surface area contributed by atoms with E-state index in [9.17, 15) is 24.6 Å². The first kappa shape index (κ1) is 19.3. The van der Waals surface area contributed by atoms with Gasteiger partial charge in [0.25, 0.3) is 5.91 Å². The molecule has 8 heteroatoms. The minimum Gasteiger partial charge on any atom is -0.506 e. The van der Waals surface area contributed by atoms with E-state index in [2.05, 4.69) is 10.6 Å². The zero-order valence-corrected chi connectivity index (χ0v) is 16.7. The molecule has 31 heavy (non-hydrogen) atoms. The van der Waals surface area contributed by atoms with Gasteiger partial charge in [0.1, 0.15) is 17.3 Å². The average molecular weight is 420 g/mol. The Morgan fingerprint density at radius 3 is 2.19 bits per heavy atom. The number of carbonyl (C=O) groups is 3. The first-order valence-corrected chi connectivity index (χ1v) is 10.1. The Kier molecular flexibility index (Phi) is 4.33. The number of aromatic hydroxyl groups is 2. The first-order chi connectivity index (χ1) is 14.9. The molecule has 0 bridgehead atoms. The minimum atomic E-state index is -0.743. The molecule has 5 rings (SSSR count). The van der Waals surface area contributed by atoms with Gasteiger partial charge < -0.3 is 25.3 Å². The Balaban J connectivity index is 1.66. The van der Waals surface area contributed by atoms with Crippen molar-refractivity contribution in [2.45, 2.75) is 25.8 Å². The molecule has 1 aliphatic heterocycles. The van der Waals surface area contributed by atoms with Crippen molar-refractivity contribution in [1.29, 1.82) is 0 Å². The van der Waals surface area contributed by atoms with Gasteiger partial charge in [0.05, 0.1) is 22.3 Å². The van der Waals surface area contributed by atoms with Crippen molar-refractivity contribution in [3.63, 3.8) is 0 Å². The van der Waals surface area contributed by atoms with E-state index in [4.69, 9.17) is 4.42 Å². The van der Waals surface area contributed by atoms with Gasteiger partial charge >= 0.3 is 0 Å². The standard InChI is InChI=1S/C23H20N2O6/c1-10-14(23(30)25-11-6-8-24-9-7-11)17-20(28)15-16(21(29)22(17)31-10)19(27)13-5-3-2-4-12(13)18(15)26/h2-5,11,24,26-27H,6-9H2,1H3,(H,25,30). The predicted molar refractivity (Wildman–Crippen MR) is 111 cm³/mol. The van der Waals surface area contributed by atoms with Crippen LogP contribution in [-0.2, 0) is 0 Å². The fraction of sp³-hybridized carbons (Fsp3) is 0.261. The zero-order chi connectivity index (χ0) is 21.9. The number of amides is 1. The number of ketones is 2. The number of furan rings is 1. The summed E-state index contributed by atoms with van der Waals surface area (Å²) in [5.74, 6) is -2.94. The highest BCUT2D eigenvalue weighted by Gasteiger charge is 2.42. The number of piperidine rings is 1. The Morgan fingerprint density at radius 2 is 1.58 bits per heavy atom. The van der Waals surface area contributed by atoms with Gasteiger partial charge in [0, 0.05) is 16.8 Å². The van der Waals surface area contributed by atoms with Crippen molar-refractivity contribution in [2.24, 2.45) is 0 Å². The topological polar surface area (TPSA) is 129 Å².